The van der Waals surface area contributed by atoms with Crippen molar-refractivity contribution in [1.29, 1.82) is 0 Å². The van der Waals surface area contributed by atoms with Gasteiger partial charge in [0.1, 0.15) is 23.0 Å². The second-order valence-corrected chi connectivity index (χ2v) is 5.47. The van der Waals surface area contributed by atoms with Crippen LogP contribution in [-0.2, 0) is 0 Å². The number of halogens is 2. The van der Waals surface area contributed by atoms with E-state index >= 15 is 0 Å². The topological polar surface area (TPSA) is 45.7 Å². The predicted molar refractivity (Wildman–Crippen MR) is 89.5 cm³/mol. The van der Waals surface area contributed by atoms with Crippen molar-refractivity contribution >= 4 is 35.1 Å². The molecule has 0 aliphatic rings. The van der Waals surface area contributed by atoms with Crippen LogP contribution in [0.1, 0.15) is 5.76 Å². The van der Waals surface area contributed by atoms with Crippen molar-refractivity contribution in [3.05, 3.63) is 70.4 Å². The van der Waals surface area contributed by atoms with E-state index in [1.807, 2.05) is 18.2 Å². The Bertz CT molecular complexity index is 823. The standard InChI is InChI=1S/C17H11Cl2NO2/c18-12-3-1-11(2-4-12)17-8-6-14(22-17)10-20-15-9-13(19)5-7-16(15)21/h1-10,21H/b20-10+. The molecule has 0 aliphatic heterocycles. The van der Waals surface area contributed by atoms with Gasteiger partial charge in [0.15, 0.2) is 0 Å². The maximum absolute atomic E-state index is 9.71. The molecule has 110 valence electrons. The summed E-state index contributed by atoms with van der Waals surface area (Å²) in [6, 6.07) is 15.7. The first kappa shape index (κ1) is 14.7. The van der Waals surface area contributed by atoms with Crippen LogP contribution in [0.5, 0.6) is 5.75 Å². The van der Waals surface area contributed by atoms with Crippen molar-refractivity contribution in [1.82, 2.24) is 0 Å². The molecule has 0 atom stereocenters. The number of nitrogens with zero attached hydrogens (tertiary/aromatic N) is 1. The molecule has 0 saturated heterocycles. The van der Waals surface area contributed by atoms with E-state index in [9.17, 15) is 5.11 Å². The minimum Gasteiger partial charge on any atom is -0.506 e. The van der Waals surface area contributed by atoms with Gasteiger partial charge in [0.2, 0.25) is 0 Å². The van der Waals surface area contributed by atoms with Crippen LogP contribution < -0.4 is 0 Å². The fraction of sp³-hybridized carbons (Fsp3) is 0. The summed E-state index contributed by atoms with van der Waals surface area (Å²) in [7, 11) is 0. The Morgan fingerprint density at radius 3 is 2.41 bits per heavy atom. The van der Waals surface area contributed by atoms with Gasteiger partial charge in [-0.2, -0.15) is 0 Å². The van der Waals surface area contributed by atoms with E-state index in [1.54, 1.807) is 30.3 Å². The number of phenolic OH excluding ortho intramolecular Hbond substituents is 1. The molecule has 0 saturated carbocycles. The molecular weight excluding hydrogens is 321 g/mol. The first-order valence-corrected chi connectivity index (χ1v) is 7.26. The van der Waals surface area contributed by atoms with Crippen molar-refractivity contribution in [3.8, 4) is 17.1 Å². The van der Waals surface area contributed by atoms with E-state index in [4.69, 9.17) is 27.6 Å². The molecule has 0 unspecified atom stereocenters. The molecule has 0 spiro atoms. The number of phenols is 1. The second-order valence-electron chi connectivity index (χ2n) is 4.60. The minimum absolute atomic E-state index is 0.0603. The van der Waals surface area contributed by atoms with E-state index in [2.05, 4.69) is 4.99 Å². The lowest BCUT2D eigenvalue weighted by molar-refractivity contribution is 0.477. The number of aliphatic imine (C=N–C) groups is 1. The Morgan fingerprint density at radius 1 is 0.909 bits per heavy atom. The lowest BCUT2D eigenvalue weighted by Gasteiger charge is -1.98. The average Bonchev–Trinajstić information content (AvgIpc) is 2.98. The Hall–Kier alpha value is -2.23. The normalized spacial score (nSPS) is 11.2. The molecule has 0 amide bonds. The Balaban J connectivity index is 1.83. The summed E-state index contributed by atoms with van der Waals surface area (Å²) in [6.45, 7) is 0. The number of rotatable bonds is 3. The lowest BCUT2D eigenvalue weighted by atomic mass is 10.2. The summed E-state index contributed by atoms with van der Waals surface area (Å²) in [6.07, 6.45) is 1.53. The SMILES string of the molecule is Oc1ccc(Cl)cc1/N=C/c1ccc(-c2ccc(Cl)cc2)o1. The first-order chi connectivity index (χ1) is 10.6. The van der Waals surface area contributed by atoms with Gasteiger partial charge < -0.3 is 9.52 Å². The third-order valence-corrected chi connectivity index (χ3v) is 3.51. The summed E-state index contributed by atoms with van der Waals surface area (Å²) in [4.78, 5) is 4.18. The number of hydrogen-bond acceptors (Lipinski definition) is 3. The molecule has 1 N–H and O–H groups in total. The van der Waals surface area contributed by atoms with Gasteiger partial charge >= 0.3 is 0 Å². The molecule has 1 aromatic heterocycles. The lowest BCUT2D eigenvalue weighted by Crippen LogP contribution is -1.76. The summed E-state index contributed by atoms with van der Waals surface area (Å²) >= 11 is 11.7. The summed E-state index contributed by atoms with van der Waals surface area (Å²) in [5, 5.41) is 10.9. The molecule has 3 rings (SSSR count). The smallest absolute Gasteiger partial charge is 0.145 e. The molecule has 22 heavy (non-hydrogen) atoms. The maximum Gasteiger partial charge on any atom is 0.145 e. The highest BCUT2D eigenvalue weighted by Gasteiger charge is 2.04. The fourth-order valence-electron chi connectivity index (χ4n) is 1.92. The largest absolute Gasteiger partial charge is 0.506 e. The third kappa shape index (κ3) is 3.32. The van der Waals surface area contributed by atoms with E-state index < -0.39 is 0 Å². The van der Waals surface area contributed by atoms with Gasteiger partial charge in [0.05, 0.1) is 6.21 Å². The predicted octanol–water partition coefficient (Wildman–Crippen LogP) is 5.71. The Kier molecular flexibility index (Phi) is 4.18. The van der Waals surface area contributed by atoms with Crippen LogP contribution in [0.2, 0.25) is 10.0 Å². The van der Waals surface area contributed by atoms with Crippen molar-refractivity contribution in [2.75, 3.05) is 0 Å². The molecule has 3 aromatic rings. The van der Waals surface area contributed by atoms with Crippen LogP contribution in [0.4, 0.5) is 5.69 Å². The zero-order valence-corrected chi connectivity index (χ0v) is 12.8. The van der Waals surface area contributed by atoms with Crippen molar-refractivity contribution in [3.63, 3.8) is 0 Å². The molecule has 5 heteroatoms. The van der Waals surface area contributed by atoms with Gasteiger partial charge in [-0.05, 0) is 54.6 Å². The maximum atomic E-state index is 9.71. The van der Waals surface area contributed by atoms with Crippen molar-refractivity contribution in [2.24, 2.45) is 4.99 Å². The van der Waals surface area contributed by atoms with Crippen LogP contribution in [0, 0.1) is 0 Å². The zero-order chi connectivity index (χ0) is 15.5. The minimum atomic E-state index is 0.0603. The van der Waals surface area contributed by atoms with Crippen LogP contribution in [-0.4, -0.2) is 11.3 Å². The molecule has 0 fully saturated rings. The number of aromatic hydroxyl groups is 1. The fourth-order valence-corrected chi connectivity index (χ4v) is 2.22. The number of hydrogen-bond donors (Lipinski definition) is 1. The summed E-state index contributed by atoms with van der Waals surface area (Å²) < 4.78 is 5.69. The van der Waals surface area contributed by atoms with E-state index in [0.717, 1.165) is 5.56 Å². The van der Waals surface area contributed by atoms with Crippen LogP contribution >= 0.6 is 23.2 Å². The van der Waals surface area contributed by atoms with Gasteiger partial charge in [0, 0.05) is 15.6 Å². The molecule has 0 aliphatic carbocycles. The number of furan rings is 1. The van der Waals surface area contributed by atoms with Crippen LogP contribution in [0.25, 0.3) is 11.3 Å². The van der Waals surface area contributed by atoms with Gasteiger partial charge in [-0.25, -0.2) is 4.99 Å². The van der Waals surface area contributed by atoms with E-state index in [0.29, 0.717) is 27.3 Å². The van der Waals surface area contributed by atoms with Gasteiger partial charge in [-0.15, -0.1) is 0 Å². The summed E-state index contributed by atoms with van der Waals surface area (Å²) in [5.41, 5.74) is 1.31. The first-order valence-electron chi connectivity index (χ1n) is 6.50. The van der Waals surface area contributed by atoms with Gasteiger partial charge in [-0.1, -0.05) is 23.2 Å². The molecule has 0 bridgehead atoms. The summed E-state index contributed by atoms with van der Waals surface area (Å²) in [5.74, 6) is 1.35. The van der Waals surface area contributed by atoms with E-state index in [1.165, 1.54) is 12.3 Å². The zero-order valence-electron chi connectivity index (χ0n) is 11.3. The monoisotopic (exact) mass is 331 g/mol. The molecule has 1 heterocycles. The molecule has 0 radical (unpaired) electrons. The number of benzene rings is 2. The average molecular weight is 332 g/mol. The highest BCUT2D eigenvalue weighted by atomic mass is 35.5. The van der Waals surface area contributed by atoms with Crippen molar-refractivity contribution in [2.45, 2.75) is 0 Å². The molecule has 3 nitrogen and oxygen atoms in total. The second kappa shape index (κ2) is 6.26. The van der Waals surface area contributed by atoms with Crippen LogP contribution in [0.3, 0.4) is 0 Å². The van der Waals surface area contributed by atoms with E-state index in [-0.39, 0.29) is 5.75 Å². The van der Waals surface area contributed by atoms with Gasteiger partial charge in [0.25, 0.3) is 0 Å². The van der Waals surface area contributed by atoms with Crippen LogP contribution in [0.15, 0.2) is 64.0 Å². The Morgan fingerprint density at radius 2 is 1.64 bits per heavy atom. The Labute approximate surface area is 137 Å². The van der Waals surface area contributed by atoms with Crippen molar-refractivity contribution < 1.29 is 9.52 Å². The third-order valence-electron chi connectivity index (χ3n) is 3.02. The quantitative estimate of drug-likeness (QED) is 0.624. The highest BCUT2D eigenvalue weighted by molar-refractivity contribution is 6.31. The molecular formula is C17H11Cl2NO2. The highest BCUT2D eigenvalue weighted by Crippen LogP contribution is 2.29. The molecule has 2 aromatic carbocycles. The van der Waals surface area contributed by atoms with Gasteiger partial charge in [-0.3, -0.25) is 0 Å².